The van der Waals surface area contributed by atoms with E-state index in [0.717, 1.165) is 12.1 Å². The van der Waals surface area contributed by atoms with Crippen molar-refractivity contribution in [2.24, 2.45) is 0 Å². The summed E-state index contributed by atoms with van der Waals surface area (Å²) in [6.07, 6.45) is 0. The Bertz CT molecular complexity index is 842. The van der Waals surface area contributed by atoms with E-state index in [1.54, 1.807) is 0 Å². The van der Waals surface area contributed by atoms with E-state index in [2.05, 4.69) is 74.1 Å². The van der Waals surface area contributed by atoms with E-state index in [1.807, 2.05) is 24.3 Å². The highest BCUT2D eigenvalue weighted by molar-refractivity contribution is 5.52. The van der Waals surface area contributed by atoms with Gasteiger partial charge in [-0.2, -0.15) is 0 Å². The number of benzene rings is 2. The summed E-state index contributed by atoms with van der Waals surface area (Å²) in [5.41, 5.74) is 4.98. The van der Waals surface area contributed by atoms with Crippen LogP contribution in [0.15, 0.2) is 52.9 Å². The van der Waals surface area contributed by atoms with Crippen molar-refractivity contribution in [3.8, 4) is 11.5 Å². The van der Waals surface area contributed by atoms with E-state index >= 15 is 0 Å². The van der Waals surface area contributed by atoms with Gasteiger partial charge in [-0.25, -0.2) is 0 Å². The Balaban J connectivity index is 1.61. The molecule has 4 heteroatoms. The van der Waals surface area contributed by atoms with Crippen LogP contribution in [0.2, 0.25) is 0 Å². The fraction of sp³-hybridized carbons (Fsp3) is 0.364. The van der Waals surface area contributed by atoms with E-state index in [4.69, 9.17) is 4.42 Å². The van der Waals surface area contributed by atoms with Gasteiger partial charge >= 0.3 is 0 Å². The van der Waals surface area contributed by atoms with Gasteiger partial charge in [0, 0.05) is 12.1 Å². The molecular weight excluding hydrogens is 322 g/mol. The highest BCUT2D eigenvalue weighted by atomic mass is 16.4. The van der Waals surface area contributed by atoms with Gasteiger partial charge in [-0.1, -0.05) is 62.7 Å². The number of hydrogen-bond donors (Lipinski definition) is 0. The summed E-state index contributed by atoms with van der Waals surface area (Å²) in [5.74, 6) is 1.21. The van der Waals surface area contributed by atoms with E-state index in [-0.39, 0.29) is 5.41 Å². The van der Waals surface area contributed by atoms with Crippen molar-refractivity contribution in [1.82, 2.24) is 15.1 Å². The molecule has 0 saturated heterocycles. The minimum absolute atomic E-state index is 0.181. The molecule has 0 amide bonds. The molecule has 0 N–H and O–H groups in total. The summed E-state index contributed by atoms with van der Waals surface area (Å²) < 4.78 is 5.82. The zero-order chi connectivity index (χ0) is 18.7. The maximum Gasteiger partial charge on any atom is 0.247 e. The highest BCUT2D eigenvalue weighted by Crippen LogP contribution is 2.23. The molecule has 0 atom stereocenters. The molecule has 2 aromatic carbocycles. The molecule has 0 spiro atoms. The standard InChI is InChI=1S/C22H27N3O/c1-16-6-10-18(11-7-16)21-24-23-20(26-21)15-25(5)14-17-8-12-19(13-9-17)22(2,3)4/h6-13H,14-15H2,1-5H3. The van der Waals surface area contributed by atoms with Crippen molar-refractivity contribution in [1.29, 1.82) is 0 Å². The molecule has 136 valence electrons. The maximum atomic E-state index is 5.82. The number of hydrogen-bond acceptors (Lipinski definition) is 4. The van der Waals surface area contributed by atoms with Gasteiger partial charge in [-0.3, -0.25) is 4.90 Å². The van der Waals surface area contributed by atoms with Crippen LogP contribution < -0.4 is 0 Å². The van der Waals surface area contributed by atoms with Gasteiger partial charge in [-0.15, -0.1) is 10.2 Å². The first-order chi connectivity index (χ1) is 12.3. The lowest BCUT2D eigenvalue weighted by Crippen LogP contribution is -2.18. The molecule has 0 aliphatic rings. The van der Waals surface area contributed by atoms with Crippen molar-refractivity contribution in [3.63, 3.8) is 0 Å². The first-order valence-electron chi connectivity index (χ1n) is 8.98. The van der Waals surface area contributed by atoms with E-state index in [9.17, 15) is 0 Å². The second kappa shape index (κ2) is 7.42. The third-order valence-electron chi connectivity index (χ3n) is 4.44. The molecule has 3 aromatic rings. The van der Waals surface area contributed by atoms with E-state index in [0.29, 0.717) is 18.3 Å². The average molecular weight is 349 g/mol. The monoisotopic (exact) mass is 349 g/mol. The molecule has 0 unspecified atom stereocenters. The summed E-state index contributed by atoms with van der Waals surface area (Å²) >= 11 is 0. The Kier molecular flexibility index (Phi) is 5.23. The van der Waals surface area contributed by atoms with Crippen molar-refractivity contribution < 1.29 is 4.42 Å². The minimum Gasteiger partial charge on any atom is -0.419 e. The molecule has 0 radical (unpaired) electrons. The van der Waals surface area contributed by atoms with E-state index in [1.165, 1.54) is 16.7 Å². The second-order valence-corrected chi connectivity index (χ2v) is 7.99. The van der Waals surface area contributed by atoms with Gasteiger partial charge in [0.15, 0.2) is 0 Å². The SMILES string of the molecule is Cc1ccc(-c2nnc(CN(C)Cc3ccc(C(C)(C)C)cc3)o2)cc1. The smallest absolute Gasteiger partial charge is 0.247 e. The number of aryl methyl sites for hydroxylation is 1. The van der Waals surface area contributed by atoms with Crippen molar-refractivity contribution in [2.45, 2.75) is 46.2 Å². The van der Waals surface area contributed by atoms with Gasteiger partial charge in [0.05, 0.1) is 6.54 Å². The van der Waals surface area contributed by atoms with Crippen LogP contribution in [-0.2, 0) is 18.5 Å². The quantitative estimate of drug-likeness (QED) is 0.652. The molecule has 1 aromatic heterocycles. The molecule has 1 heterocycles. The Morgan fingerprint density at radius 2 is 1.54 bits per heavy atom. The van der Waals surface area contributed by atoms with Crippen LogP contribution in [-0.4, -0.2) is 22.1 Å². The zero-order valence-electron chi connectivity index (χ0n) is 16.3. The van der Waals surface area contributed by atoms with Crippen molar-refractivity contribution in [3.05, 3.63) is 71.1 Å². The molecule has 26 heavy (non-hydrogen) atoms. The minimum atomic E-state index is 0.181. The average Bonchev–Trinajstić information content (AvgIpc) is 3.03. The molecule has 3 rings (SSSR count). The molecule has 0 saturated carbocycles. The summed E-state index contributed by atoms with van der Waals surface area (Å²) in [6, 6.07) is 16.9. The third-order valence-corrected chi connectivity index (χ3v) is 4.44. The zero-order valence-corrected chi connectivity index (χ0v) is 16.3. The number of nitrogens with zero attached hydrogens (tertiary/aromatic N) is 3. The Hall–Kier alpha value is -2.46. The molecule has 0 aliphatic carbocycles. The summed E-state index contributed by atoms with van der Waals surface area (Å²) in [4.78, 5) is 2.18. The molecule has 0 bridgehead atoms. The Morgan fingerprint density at radius 1 is 0.885 bits per heavy atom. The summed E-state index contributed by atoms with van der Waals surface area (Å²) in [6.45, 7) is 10.2. The lowest BCUT2D eigenvalue weighted by Gasteiger charge is -2.20. The van der Waals surface area contributed by atoms with Crippen LogP contribution in [0, 0.1) is 6.92 Å². The van der Waals surface area contributed by atoms with Crippen LogP contribution in [0.5, 0.6) is 0 Å². The van der Waals surface area contributed by atoms with Crippen molar-refractivity contribution >= 4 is 0 Å². The predicted molar refractivity (Wildman–Crippen MR) is 105 cm³/mol. The van der Waals surface area contributed by atoms with Gasteiger partial charge in [0.25, 0.3) is 0 Å². The first-order valence-corrected chi connectivity index (χ1v) is 8.98. The fourth-order valence-electron chi connectivity index (χ4n) is 2.84. The topological polar surface area (TPSA) is 42.2 Å². The second-order valence-electron chi connectivity index (χ2n) is 7.99. The van der Waals surface area contributed by atoms with Gasteiger partial charge < -0.3 is 4.42 Å². The number of rotatable bonds is 5. The first kappa shape index (κ1) is 18.3. The van der Waals surface area contributed by atoms with Gasteiger partial charge in [0.1, 0.15) is 0 Å². The van der Waals surface area contributed by atoms with Crippen LogP contribution in [0.1, 0.15) is 43.4 Å². The normalized spacial score (nSPS) is 11.9. The lowest BCUT2D eigenvalue weighted by molar-refractivity contribution is 0.283. The Labute approximate surface area is 155 Å². The highest BCUT2D eigenvalue weighted by Gasteiger charge is 2.14. The summed E-state index contributed by atoms with van der Waals surface area (Å²) in [7, 11) is 2.06. The van der Waals surface area contributed by atoms with Crippen LogP contribution in [0.3, 0.4) is 0 Å². The lowest BCUT2D eigenvalue weighted by atomic mass is 9.87. The molecular formula is C22H27N3O. The van der Waals surface area contributed by atoms with Crippen LogP contribution in [0.4, 0.5) is 0 Å². The van der Waals surface area contributed by atoms with Crippen molar-refractivity contribution in [2.75, 3.05) is 7.05 Å². The number of aromatic nitrogens is 2. The summed E-state index contributed by atoms with van der Waals surface area (Å²) in [5, 5.41) is 8.36. The largest absolute Gasteiger partial charge is 0.419 e. The van der Waals surface area contributed by atoms with Crippen LogP contribution >= 0.6 is 0 Å². The third kappa shape index (κ3) is 4.58. The fourth-order valence-corrected chi connectivity index (χ4v) is 2.84. The molecule has 0 aliphatic heterocycles. The van der Waals surface area contributed by atoms with E-state index < -0.39 is 0 Å². The van der Waals surface area contributed by atoms with Gasteiger partial charge in [-0.05, 0) is 42.6 Å². The van der Waals surface area contributed by atoms with Gasteiger partial charge in [0.2, 0.25) is 11.8 Å². The Morgan fingerprint density at radius 3 is 2.15 bits per heavy atom. The predicted octanol–water partition coefficient (Wildman–Crippen LogP) is 4.97. The molecule has 0 fully saturated rings. The maximum absolute atomic E-state index is 5.82. The van der Waals surface area contributed by atoms with Crippen LogP contribution in [0.25, 0.3) is 11.5 Å². The molecule has 4 nitrogen and oxygen atoms in total.